The second-order valence-electron chi connectivity index (χ2n) is 1.70. The predicted molar refractivity (Wildman–Crippen MR) is 31.7 cm³/mol. The van der Waals surface area contributed by atoms with Crippen LogP contribution in [-0.4, -0.2) is 16.6 Å². The highest BCUT2D eigenvalue weighted by Gasteiger charge is 2.13. The Morgan fingerprint density at radius 3 is 2.70 bits per heavy atom. The van der Waals surface area contributed by atoms with E-state index in [2.05, 4.69) is 14.9 Å². The molecule has 0 radical (unpaired) electrons. The van der Waals surface area contributed by atoms with Crippen LogP contribution in [0.5, 0.6) is 0 Å². The van der Waals surface area contributed by atoms with Gasteiger partial charge >= 0.3 is 0 Å². The fourth-order valence-corrected chi connectivity index (χ4v) is 0.498. The van der Waals surface area contributed by atoms with Gasteiger partial charge < -0.3 is 16.3 Å². The summed E-state index contributed by atoms with van der Waals surface area (Å²) >= 11 is 0. The van der Waals surface area contributed by atoms with E-state index in [0.29, 0.717) is 6.29 Å². The van der Waals surface area contributed by atoms with Crippen molar-refractivity contribution in [3.8, 4) is 0 Å². The average Bonchev–Trinajstić information content (AvgIpc) is 2.34. The largest absolute Gasteiger partial charge is 0.379 e. The molecule has 0 amide bonds. The van der Waals surface area contributed by atoms with Gasteiger partial charge in [-0.2, -0.15) is 0 Å². The van der Waals surface area contributed by atoms with E-state index in [1.165, 1.54) is 0 Å². The summed E-state index contributed by atoms with van der Waals surface area (Å²) < 4.78 is 4.20. The number of aromatic nitrogens is 2. The van der Waals surface area contributed by atoms with Gasteiger partial charge in [-0.3, -0.25) is 0 Å². The van der Waals surface area contributed by atoms with Crippen molar-refractivity contribution in [2.24, 2.45) is 5.73 Å². The third kappa shape index (κ3) is 0.960. The first-order valence-corrected chi connectivity index (χ1v) is 2.54. The first kappa shape index (κ1) is 6.69. The maximum atomic E-state index is 10.1. The lowest BCUT2D eigenvalue weighted by atomic mass is 10.2. The van der Waals surface area contributed by atoms with Crippen LogP contribution in [0, 0.1) is 0 Å². The molecule has 54 valence electrons. The Bertz CT molecular complexity index is 233. The molecule has 0 bridgehead atoms. The van der Waals surface area contributed by atoms with E-state index >= 15 is 0 Å². The second-order valence-corrected chi connectivity index (χ2v) is 1.70. The van der Waals surface area contributed by atoms with E-state index in [0.717, 1.165) is 0 Å². The Balaban J connectivity index is 2.92. The van der Waals surface area contributed by atoms with Crippen LogP contribution in [0.3, 0.4) is 0 Å². The van der Waals surface area contributed by atoms with E-state index in [1.54, 1.807) is 0 Å². The molecule has 0 aliphatic heterocycles. The smallest absolute Gasteiger partial charge is 0.193 e. The van der Waals surface area contributed by atoms with Crippen LogP contribution in [0.2, 0.25) is 0 Å². The van der Waals surface area contributed by atoms with E-state index in [-0.39, 0.29) is 11.5 Å². The third-order valence-corrected chi connectivity index (χ3v) is 1.00. The van der Waals surface area contributed by atoms with Crippen molar-refractivity contribution in [2.75, 3.05) is 5.73 Å². The molecule has 0 aromatic carbocycles. The van der Waals surface area contributed by atoms with E-state index < -0.39 is 6.04 Å². The van der Waals surface area contributed by atoms with Crippen LogP contribution in [0.1, 0.15) is 11.7 Å². The molecule has 0 aliphatic carbocycles. The first-order chi connectivity index (χ1) is 4.75. The minimum Gasteiger partial charge on any atom is -0.379 e. The molecule has 4 N–H and O–H groups in total. The van der Waals surface area contributed by atoms with Gasteiger partial charge in [0.15, 0.2) is 11.5 Å². The lowest BCUT2D eigenvalue weighted by Crippen LogP contribution is -2.13. The molecule has 0 saturated heterocycles. The Morgan fingerprint density at radius 2 is 2.30 bits per heavy atom. The molecular formula is C4H6N4O2. The molecule has 1 aromatic heterocycles. The number of nitrogen functional groups attached to an aromatic ring is 1. The number of nitrogens with zero attached hydrogens (tertiary/aromatic N) is 2. The molecule has 10 heavy (non-hydrogen) atoms. The van der Waals surface area contributed by atoms with Crippen molar-refractivity contribution in [3.05, 3.63) is 5.69 Å². The first-order valence-electron chi connectivity index (χ1n) is 2.54. The monoisotopic (exact) mass is 142 g/mol. The molecule has 6 nitrogen and oxygen atoms in total. The quantitative estimate of drug-likeness (QED) is 0.505. The van der Waals surface area contributed by atoms with Crippen molar-refractivity contribution in [2.45, 2.75) is 6.04 Å². The minimum atomic E-state index is -0.841. The summed E-state index contributed by atoms with van der Waals surface area (Å²) in [7, 11) is 0. The maximum absolute atomic E-state index is 10.1. The molecule has 1 unspecified atom stereocenters. The van der Waals surface area contributed by atoms with Gasteiger partial charge in [0.05, 0.1) is 0 Å². The highest BCUT2D eigenvalue weighted by molar-refractivity contribution is 5.62. The number of rotatable bonds is 2. The van der Waals surface area contributed by atoms with Gasteiger partial charge in [-0.1, -0.05) is 5.16 Å². The highest BCUT2D eigenvalue weighted by atomic mass is 16.6. The third-order valence-electron chi connectivity index (χ3n) is 1.00. The number of hydrogen-bond acceptors (Lipinski definition) is 6. The van der Waals surface area contributed by atoms with E-state index in [1.807, 2.05) is 0 Å². The summed E-state index contributed by atoms with van der Waals surface area (Å²) in [5, 5.41) is 6.56. The van der Waals surface area contributed by atoms with Crippen LogP contribution in [0.4, 0.5) is 5.82 Å². The molecular weight excluding hydrogens is 136 g/mol. The fraction of sp³-hybridized carbons (Fsp3) is 0.250. The predicted octanol–water partition coefficient (Wildman–Crippen LogP) is -1.15. The summed E-state index contributed by atoms with van der Waals surface area (Å²) in [5.74, 6) is 0.0552. The van der Waals surface area contributed by atoms with Crippen molar-refractivity contribution in [3.63, 3.8) is 0 Å². The highest BCUT2D eigenvalue weighted by Crippen LogP contribution is 2.09. The SMILES string of the molecule is Nc1nonc1C(N)C=O. The number of carbonyl (C=O) groups excluding carboxylic acids is 1. The number of hydrogen-bond donors (Lipinski definition) is 2. The zero-order valence-corrected chi connectivity index (χ0v) is 5.02. The number of aldehydes is 1. The van der Waals surface area contributed by atoms with Gasteiger partial charge in [-0.15, -0.1) is 0 Å². The van der Waals surface area contributed by atoms with Crippen LogP contribution >= 0.6 is 0 Å². The summed E-state index contributed by atoms with van der Waals surface area (Å²) in [4.78, 5) is 10.1. The fourth-order valence-electron chi connectivity index (χ4n) is 0.498. The molecule has 0 fully saturated rings. The van der Waals surface area contributed by atoms with Gasteiger partial charge in [0.1, 0.15) is 12.3 Å². The molecule has 0 aliphatic rings. The van der Waals surface area contributed by atoms with Crippen LogP contribution < -0.4 is 11.5 Å². The molecule has 1 aromatic rings. The molecule has 0 saturated carbocycles. The average molecular weight is 142 g/mol. The van der Waals surface area contributed by atoms with Gasteiger partial charge in [-0.05, 0) is 5.16 Å². The van der Waals surface area contributed by atoms with Gasteiger partial charge in [-0.25, -0.2) is 4.63 Å². The molecule has 0 spiro atoms. The number of carbonyl (C=O) groups is 1. The number of anilines is 1. The summed E-state index contributed by atoms with van der Waals surface area (Å²) in [6, 6.07) is -0.841. The zero-order valence-electron chi connectivity index (χ0n) is 5.02. The van der Waals surface area contributed by atoms with Crippen molar-refractivity contribution >= 4 is 12.1 Å². The van der Waals surface area contributed by atoms with Gasteiger partial charge in [0.2, 0.25) is 0 Å². The van der Waals surface area contributed by atoms with Crippen LogP contribution in [-0.2, 0) is 4.79 Å². The Labute approximate surface area is 56.1 Å². The van der Waals surface area contributed by atoms with Crippen molar-refractivity contribution in [1.29, 1.82) is 0 Å². The Hall–Kier alpha value is -1.43. The normalized spacial score (nSPS) is 12.9. The van der Waals surface area contributed by atoms with Gasteiger partial charge in [0.25, 0.3) is 0 Å². The van der Waals surface area contributed by atoms with Crippen LogP contribution in [0.25, 0.3) is 0 Å². The van der Waals surface area contributed by atoms with Crippen LogP contribution in [0.15, 0.2) is 4.63 Å². The lowest BCUT2D eigenvalue weighted by Gasteiger charge is -1.94. The maximum Gasteiger partial charge on any atom is 0.193 e. The number of nitrogens with two attached hydrogens (primary N) is 2. The zero-order chi connectivity index (χ0) is 7.56. The van der Waals surface area contributed by atoms with Crippen molar-refractivity contribution in [1.82, 2.24) is 10.3 Å². The molecule has 1 heterocycles. The van der Waals surface area contributed by atoms with Crippen molar-refractivity contribution < 1.29 is 9.42 Å². The summed E-state index contributed by atoms with van der Waals surface area (Å²) in [6.07, 6.45) is 0.510. The standard InChI is InChI=1S/C4H6N4O2/c5-2(1-9)3-4(6)8-10-7-3/h1-2H,5H2,(H2,6,8). The van der Waals surface area contributed by atoms with Gasteiger partial charge in [0, 0.05) is 0 Å². The molecule has 6 heteroatoms. The Morgan fingerprint density at radius 1 is 1.60 bits per heavy atom. The molecule has 1 rings (SSSR count). The molecule has 1 atom stereocenters. The topological polar surface area (TPSA) is 108 Å². The Kier molecular flexibility index (Phi) is 1.63. The second kappa shape index (κ2) is 2.44. The minimum absolute atomic E-state index is 0.0552. The van der Waals surface area contributed by atoms with E-state index in [9.17, 15) is 4.79 Å². The lowest BCUT2D eigenvalue weighted by molar-refractivity contribution is -0.109. The summed E-state index contributed by atoms with van der Waals surface area (Å²) in [6.45, 7) is 0. The van der Waals surface area contributed by atoms with E-state index in [4.69, 9.17) is 11.5 Å². The summed E-state index contributed by atoms with van der Waals surface area (Å²) in [5.41, 5.74) is 10.6.